The number of aliphatic imine (C=N–C) groups is 2. The molecule has 0 spiro atoms. The van der Waals surface area contributed by atoms with Gasteiger partial charge in [0.15, 0.2) is 0 Å². The highest BCUT2D eigenvalue weighted by molar-refractivity contribution is 6.06. The second kappa shape index (κ2) is 19.3. The minimum atomic E-state index is -0.761. The van der Waals surface area contributed by atoms with Gasteiger partial charge in [-0.25, -0.2) is 14.2 Å². The predicted octanol–water partition coefficient (Wildman–Crippen LogP) is 5.13. The standard InChI is InChI=1S/C40H54FN9O4/c1-29(2)38(30(3)52-22-4-17-42)47-39(51)50(27-44)35-11-9-33(10-12-35)48-18-20-49(21-19-48)34-13-15-36(16-14-34)54-37-23-40(53-24-37,25-45-28-46-26-43)31-5-7-32(41)8-6-31/h5-16,26-30,37-38,44H,4,17-25,42H2,1-3H3,(H,47,51)(H2,43,45,46). The van der Waals surface area contributed by atoms with Crippen LogP contribution in [0.15, 0.2) is 82.8 Å². The number of ether oxygens (including phenoxy) is 3. The van der Waals surface area contributed by atoms with Crippen molar-refractivity contribution in [1.29, 1.82) is 5.41 Å². The molecule has 6 N–H and O–H groups in total. The van der Waals surface area contributed by atoms with E-state index in [0.717, 1.165) is 61.6 Å². The number of halogens is 1. The van der Waals surface area contributed by atoms with E-state index >= 15 is 0 Å². The largest absolute Gasteiger partial charge is 0.488 e. The number of carbonyl (C=O) groups excluding carboxylic acids is 1. The van der Waals surface area contributed by atoms with Gasteiger partial charge in [-0.15, -0.1) is 0 Å². The third-order valence-corrected chi connectivity index (χ3v) is 9.92. The van der Waals surface area contributed by atoms with Crippen LogP contribution in [0.4, 0.5) is 26.2 Å². The first kappa shape index (κ1) is 40.1. The zero-order valence-corrected chi connectivity index (χ0v) is 31.4. The van der Waals surface area contributed by atoms with Crippen molar-refractivity contribution in [3.05, 3.63) is 84.2 Å². The molecule has 0 aliphatic carbocycles. The lowest BCUT2D eigenvalue weighted by Gasteiger charge is -2.37. The summed E-state index contributed by atoms with van der Waals surface area (Å²) in [6, 6.07) is 21.6. The van der Waals surface area contributed by atoms with Crippen LogP contribution in [0.25, 0.3) is 0 Å². The summed E-state index contributed by atoms with van der Waals surface area (Å²) in [6.07, 6.45) is 4.49. The molecule has 2 amide bonds. The minimum Gasteiger partial charge on any atom is -0.488 e. The van der Waals surface area contributed by atoms with E-state index in [1.54, 1.807) is 12.1 Å². The van der Waals surface area contributed by atoms with Crippen LogP contribution in [0.2, 0.25) is 0 Å². The van der Waals surface area contributed by atoms with E-state index in [-0.39, 0.29) is 36.0 Å². The number of piperazine rings is 1. The maximum absolute atomic E-state index is 13.7. The van der Waals surface area contributed by atoms with Crippen molar-refractivity contribution in [2.75, 3.05) is 67.2 Å². The number of carbonyl (C=O) groups is 1. The van der Waals surface area contributed by atoms with E-state index in [4.69, 9.17) is 31.1 Å². The van der Waals surface area contributed by atoms with Gasteiger partial charge in [0.2, 0.25) is 0 Å². The van der Waals surface area contributed by atoms with E-state index in [1.165, 1.54) is 29.7 Å². The molecule has 2 aliphatic rings. The highest BCUT2D eigenvalue weighted by Crippen LogP contribution is 2.38. The van der Waals surface area contributed by atoms with Gasteiger partial charge in [0, 0.05) is 50.6 Å². The first-order chi connectivity index (χ1) is 26.2. The number of nitrogens with zero attached hydrogens (tertiary/aromatic N) is 5. The summed E-state index contributed by atoms with van der Waals surface area (Å²) < 4.78 is 32.2. The van der Waals surface area contributed by atoms with Gasteiger partial charge in [0.05, 0.1) is 43.7 Å². The van der Waals surface area contributed by atoms with Gasteiger partial charge in [0.25, 0.3) is 0 Å². The number of nitrogens with one attached hydrogen (secondary N) is 2. The van der Waals surface area contributed by atoms with Crippen LogP contribution in [-0.2, 0) is 15.1 Å². The Morgan fingerprint density at radius 3 is 2.24 bits per heavy atom. The predicted molar refractivity (Wildman–Crippen MR) is 214 cm³/mol. The molecule has 290 valence electrons. The van der Waals surface area contributed by atoms with Crippen LogP contribution in [0.3, 0.4) is 0 Å². The molecule has 3 aromatic rings. The Balaban J connectivity index is 1.13. The summed E-state index contributed by atoms with van der Waals surface area (Å²) in [5.74, 6) is 0.571. The van der Waals surface area contributed by atoms with Crippen molar-refractivity contribution < 1.29 is 23.4 Å². The van der Waals surface area contributed by atoms with Crippen LogP contribution in [0, 0.1) is 17.1 Å². The Kier molecular flexibility index (Phi) is 14.4. The van der Waals surface area contributed by atoms with E-state index < -0.39 is 5.60 Å². The first-order valence-electron chi connectivity index (χ1n) is 18.6. The minimum absolute atomic E-state index is 0.138. The van der Waals surface area contributed by atoms with Crippen molar-refractivity contribution in [1.82, 2.24) is 5.32 Å². The second-order valence-electron chi connectivity index (χ2n) is 13.9. The molecule has 0 saturated carbocycles. The summed E-state index contributed by atoms with van der Waals surface area (Å²) in [7, 11) is 0. The molecule has 2 fully saturated rings. The molecule has 0 radical (unpaired) electrons. The molecule has 13 nitrogen and oxygen atoms in total. The van der Waals surface area contributed by atoms with Gasteiger partial charge in [-0.1, -0.05) is 26.0 Å². The maximum Gasteiger partial charge on any atom is 0.327 e. The smallest absolute Gasteiger partial charge is 0.327 e. The average molecular weight is 744 g/mol. The second-order valence-corrected chi connectivity index (χ2v) is 13.9. The number of amides is 2. The molecule has 3 aromatic carbocycles. The quantitative estimate of drug-likeness (QED) is 0.0839. The number of anilines is 3. The monoisotopic (exact) mass is 743 g/mol. The van der Waals surface area contributed by atoms with E-state index in [2.05, 4.69) is 37.2 Å². The molecule has 0 bridgehead atoms. The number of hydrogen-bond acceptors (Lipinski definition) is 9. The lowest BCUT2D eigenvalue weighted by atomic mass is 9.90. The summed E-state index contributed by atoms with van der Waals surface area (Å²) >= 11 is 0. The molecule has 2 heterocycles. The van der Waals surface area contributed by atoms with Gasteiger partial charge in [-0.3, -0.25) is 15.3 Å². The fraction of sp³-hybridized carbons (Fsp3) is 0.450. The Morgan fingerprint density at radius 1 is 1.04 bits per heavy atom. The van der Waals surface area contributed by atoms with Gasteiger partial charge in [-0.2, -0.15) is 0 Å². The number of urea groups is 1. The van der Waals surface area contributed by atoms with E-state index in [9.17, 15) is 9.18 Å². The number of hydrogen-bond donors (Lipinski definition) is 4. The fourth-order valence-electron chi connectivity index (χ4n) is 6.96. The SMILES string of the molecule is CC(C)C(NC(=O)N(C=N)c1ccc(N2CCN(c3ccc(OC4COC(CN=CN=CN)(c5ccc(F)cc5)C4)cc3)CC2)cc1)C(C)OCCCN. The highest BCUT2D eigenvalue weighted by atomic mass is 19.1. The van der Waals surface area contributed by atoms with Gasteiger partial charge >= 0.3 is 6.03 Å². The zero-order chi connectivity index (χ0) is 38.5. The summed E-state index contributed by atoms with van der Waals surface area (Å²) in [6.45, 7) is 11.1. The van der Waals surface area contributed by atoms with Crippen molar-refractivity contribution >= 4 is 42.1 Å². The molecule has 4 unspecified atom stereocenters. The third kappa shape index (κ3) is 10.3. The zero-order valence-electron chi connectivity index (χ0n) is 31.4. The molecule has 4 atom stereocenters. The average Bonchev–Trinajstić information content (AvgIpc) is 3.60. The molecule has 54 heavy (non-hydrogen) atoms. The van der Waals surface area contributed by atoms with E-state index in [0.29, 0.717) is 38.4 Å². The third-order valence-electron chi connectivity index (χ3n) is 9.92. The highest BCUT2D eigenvalue weighted by Gasteiger charge is 2.43. The molecule has 5 rings (SSSR count). The molecule has 2 aliphatic heterocycles. The fourth-order valence-corrected chi connectivity index (χ4v) is 6.96. The van der Waals surface area contributed by atoms with Crippen LogP contribution in [0.5, 0.6) is 5.75 Å². The Morgan fingerprint density at radius 2 is 1.67 bits per heavy atom. The Bertz CT molecular complexity index is 1680. The van der Waals surface area contributed by atoms with Gasteiger partial charge in [0.1, 0.15) is 29.6 Å². The Hall–Kier alpha value is -5.05. The number of rotatable bonds is 17. The van der Waals surface area contributed by atoms with E-state index in [1.807, 2.05) is 57.2 Å². The van der Waals surface area contributed by atoms with Crippen molar-refractivity contribution in [3.63, 3.8) is 0 Å². The first-order valence-corrected chi connectivity index (χ1v) is 18.6. The molecule has 0 aromatic heterocycles. The molecule has 14 heteroatoms. The van der Waals surface area contributed by atoms with Crippen molar-refractivity contribution in [2.45, 2.75) is 57.5 Å². The van der Waals surface area contributed by atoms with Gasteiger partial charge in [-0.05, 0) is 92.0 Å². The summed E-state index contributed by atoms with van der Waals surface area (Å²) in [4.78, 5) is 27.5. The Labute approximate surface area is 317 Å². The van der Waals surface area contributed by atoms with Crippen LogP contribution < -0.4 is 36.2 Å². The summed E-state index contributed by atoms with van der Waals surface area (Å²) in [5, 5.41) is 11.0. The van der Waals surface area contributed by atoms with Crippen molar-refractivity contribution in [2.24, 2.45) is 27.4 Å². The lowest BCUT2D eigenvalue weighted by Crippen LogP contribution is -2.51. The van der Waals surface area contributed by atoms with Gasteiger partial charge < -0.3 is 40.8 Å². The van der Waals surface area contributed by atoms with Crippen molar-refractivity contribution in [3.8, 4) is 5.75 Å². The molecular weight excluding hydrogens is 689 g/mol. The number of nitrogens with two attached hydrogens (primary N) is 2. The normalized spacial score (nSPS) is 20.1. The molecule has 2 saturated heterocycles. The number of benzene rings is 3. The van der Waals surface area contributed by atoms with Crippen LogP contribution in [0.1, 0.15) is 39.2 Å². The summed E-state index contributed by atoms with van der Waals surface area (Å²) in [5.41, 5.74) is 13.8. The van der Waals surface area contributed by atoms with Crippen LogP contribution in [-0.4, -0.2) is 95.8 Å². The topological polar surface area (TPSA) is 167 Å². The molecular formula is C40H54FN9O4. The maximum atomic E-state index is 13.7. The lowest BCUT2D eigenvalue weighted by molar-refractivity contribution is 0.00572. The van der Waals surface area contributed by atoms with Crippen LogP contribution >= 0.6 is 0 Å².